The molecule has 2 N–H and O–H groups in total. The van der Waals surface area contributed by atoms with Gasteiger partial charge in [0.05, 0.1) is 12.1 Å². The highest BCUT2D eigenvalue weighted by atomic mass is 16.3. The Bertz CT molecular complexity index is 306. The molecule has 0 spiro atoms. The van der Waals surface area contributed by atoms with E-state index >= 15 is 0 Å². The smallest absolute Gasteiger partial charge is 0.164 e. The molecule has 0 aliphatic carbocycles. The van der Waals surface area contributed by atoms with Crippen molar-refractivity contribution in [3.8, 4) is 0 Å². The van der Waals surface area contributed by atoms with Crippen molar-refractivity contribution in [2.75, 3.05) is 6.54 Å². The molecule has 0 amide bonds. The van der Waals surface area contributed by atoms with Gasteiger partial charge >= 0.3 is 0 Å². The monoisotopic (exact) mass is 212 g/mol. The van der Waals surface area contributed by atoms with Crippen LogP contribution >= 0.6 is 0 Å². The van der Waals surface area contributed by atoms with E-state index in [9.17, 15) is 5.11 Å². The lowest BCUT2D eigenvalue weighted by molar-refractivity contribution is 0.0138. The minimum absolute atomic E-state index is 0.224. The zero-order valence-electron chi connectivity index (χ0n) is 9.86. The number of nitrogens with zero attached hydrogens (tertiary/aromatic N) is 3. The average molecular weight is 212 g/mol. The summed E-state index contributed by atoms with van der Waals surface area (Å²) < 4.78 is 1.66. The first-order chi connectivity index (χ1) is 6.92. The second-order valence-electron chi connectivity index (χ2n) is 4.45. The lowest BCUT2D eigenvalue weighted by Gasteiger charge is -2.27. The summed E-state index contributed by atoms with van der Waals surface area (Å²) in [4.78, 5) is 4.09. The van der Waals surface area contributed by atoms with Crippen molar-refractivity contribution in [2.45, 2.75) is 32.9 Å². The van der Waals surface area contributed by atoms with Gasteiger partial charge in [-0.25, -0.2) is 4.98 Å². The number of aryl methyl sites for hydroxylation is 1. The molecule has 1 unspecified atom stereocenters. The fourth-order valence-electron chi connectivity index (χ4n) is 1.10. The van der Waals surface area contributed by atoms with Crippen molar-refractivity contribution < 1.29 is 5.11 Å². The Hall–Kier alpha value is -0.940. The summed E-state index contributed by atoms with van der Waals surface area (Å²) in [5.74, 6) is 0.971. The Morgan fingerprint density at radius 2 is 2.27 bits per heavy atom. The molecule has 0 aliphatic heterocycles. The molecule has 0 aliphatic rings. The van der Waals surface area contributed by atoms with Crippen molar-refractivity contribution in [3.63, 3.8) is 0 Å². The molecule has 0 aromatic carbocycles. The SMILES string of the molecule is CC(C)C(C)(O)CNCc1ncn(C)n1. The van der Waals surface area contributed by atoms with Crippen LogP contribution in [0.4, 0.5) is 0 Å². The predicted molar refractivity (Wildman–Crippen MR) is 58.2 cm³/mol. The molecule has 0 saturated heterocycles. The number of hydrogen-bond donors (Lipinski definition) is 2. The largest absolute Gasteiger partial charge is 0.389 e. The van der Waals surface area contributed by atoms with Gasteiger partial charge in [-0.1, -0.05) is 13.8 Å². The normalized spacial score (nSPS) is 15.6. The predicted octanol–water partition coefficient (Wildman–Crippen LogP) is 0.312. The van der Waals surface area contributed by atoms with Crippen LogP contribution in [-0.4, -0.2) is 32.0 Å². The maximum atomic E-state index is 9.97. The van der Waals surface area contributed by atoms with Crippen LogP contribution in [-0.2, 0) is 13.6 Å². The summed E-state index contributed by atoms with van der Waals surface area (Å²) in [5, 5.41) is 17.3. The third-order valence-corrected chi connectivity index (χ3v) is 2.66. The van der Waals surface area contributed by atoms with E-state index in [0.29, 0.717) is 13.1 Å². The summed E-state index contributed by atoms with van der Waals surface area (Å²) in [6.07, 6.45) is 1.66. The highest BCUT2D eigenvalue weighted by Crippen LogP contribution is 2.14. The highest BCUT2D eigenvalue weighted by Gasteiger charge is 2.24. The Labute approximate surface area is 90.5 Å². The van der Waals surface area contributed by atoms with Gasteiger partial charge in [0, 0.05) is 13.6 Å². The van der Waals surface area contributed by atoms with Gasteiger partial charge in [0.15, 0.2) is 5.82 Å². The zero-order valence-corrected chi connectivity index (χ0v) is 9.86. The van der Waals surface area contributed by atoms with Crippen LogP contribution in [0.1, 0.15) is 26.6 Å². The van der Waals surface area contributed by atoms with Crippen molar-refractivity contribution in [3.05, 3.63) is 12.2 Å². The standard InChI is InChI=1S/C10H20N4O/c1-8(2)10(3,15)6-11-5-9-12-7-14(4)13-9/h7-8,11,15H,5-6H2,1-4H3. The van der Waals surface area contributed by atoms with Gasteiger partial charge in [0.1, 0.15) is 6.33 Å². The molecule has 0 fully saturated rings. The number of aromatic nitrogens is 3. The Kier molecular flexibility index (Phi) is 3.82. The third kappa shape index (κ3) is 3.60. The molecule has 1 rings (SSSR count). The second-order valence-corrected chi connectivity index (χ2v) is 4.45. The van der Waals surface area contributed by atoms with E-state index in [1.54, 1.807) is 11.0 Å². The molecule has 5 heteroatoms. The number of aliphatic hydroxyl groups is 1. The van der Waals surface area contributed by atoms with E-state index in [0.717, 1.165) is 5.82 Å². The second kappa shape index (κ2) is 4.72. The zero-order chi connectivity index (χ0) is 11.5. The fraction of sp³-hybridized carbons (Fsp3) is 0.800. The Morgan fingerprint density at radius 3 is 2.73 bits per heavy atom. The molecular formula is C10H20N4O. The Balaban J connectivity index is 2.33. The summed E-state index contributed by atoms with van der Waals surface area (Å²) in [7, 11) is 1.83. The molecular weight excluding hydrogens is 192 g/mol. The molecule has 1 heterocycles. The fourth-order valence-corrected chi connectivity index (χ4v) is 1.10. The van der Waals surface area contributed by atoms with E-state index < -0.39 is 5.60 Å². The van der Waals surface area contributed by atoms with Crippen molar-refractivity contribution >= 4 is 0 Å². The third-order valence-electron chi connectivity index (χ3n) is 2.66. The van der Waals surface area contributed by atoms with E-state index in [4.69, 9.17) is 0 Å². The quantitative estimate of drug-likeness (QED) is 0.737. The van der Waals surface area contributed by atoms with E-state index in [-0.39, 0.29) is 5.92 Å². The van der Waals surface area contributed by atoms with Crippen LogP contribution in [0.15, 0.2) is 6.33 Å². The number of nitrogens with one attached hydrogen (secondary N) is 1. The van der Waals surface area contributed by atoms with Crippen LogP contribution in [0, 0.1) is 5.92 Å². The molecule has 86 valence electrons. The van der Waals surface area contributed by atoms with Gasteiger partial charge in [0.2, 0.25) is 0 Å². The van der Waals surface area contributed by atoms with Crippen LogP contribution in [0.25, 0.3) is 0 Å². The van der Waals surface area contributed by atoms with Gasteiger partial charge < -0.3 is 10.4 Å². The van der Waals surface area contributed by atoms with Crippen LogP contribution in [0.5, 0.6) is 0 Å². The minimum atomic E-state index is -0.686. The average Bonchev–Trinajstić information content (AvgIpc) is 2.51. The maximum Gasteiger partial charge on any atom is 0.164 e. The van der Waals surface area contributed by atoms with E-state index in [1.165, 1.54) is 0 Å². The Morgan fingerprint density at radius 1 is 1.60 bits per heavy atom. The maximum absolute atomic E-state index is 9.97. The van der Waals surface area contributed by atoms with Gasteiger partial charge in [-0.2, -0.15) is 5.10 Å². The first-order valence-electron chi connectivity index (χ1n) is 5.19. The lowest BCUT2D eigenvalue weighted by atomic mass is 9.93. The van der Waals surface area contributed by atoms with Gasteiger partial charge in [0.25, 0.3) is 0 Å². The lowest BCUT2D eigenvalue weighted by Crippen LogP contribution is -2.42. The van der Waals surface area contributed by atoms with Crippen molar-refractivity contribution in [1.29, 1.82) is 0 Å². The molecule has 0 radical (unpaired) electrons. The van der Waals surface area contributed by atoms with Crippen LogP contribution in [0.3, 0.4) is 0 Å². The molecule has 1 atom stereocenters. The van der Waals surface area contributed by atoms with Crippen molar-refractivity contribution in [1.82, 2.24) is 20.1 Å². The summed E-state index contributed by atoms with van der Waals surface area (Å²) in [6.45, 7) is 6.96. The van der Waals surface area contributed by atoms with Crippen LogP contribution in [0.2, 0.25) is 0 Å². The molecule has 15 heavy (non-hydrogen) atoms. The van der Waals surface area contributed by atoms with E-state index in [1.807, 2.05) is 27.8 Å². The molecule has 0 saturated carbocycles. The van der Waals surface area contributed by atoms with Crippen LogP contribution < -0.4 is 5.32 Å². The summed E-state index contributed by atoms with van der Waals surface area (Å²) >= 11 is 0. The number of hydrogen-bond acceptors (Lipinski definition) is 4. The highest BCUT2D eigenvalue weighted by molar-refractivity contribution is 4.83. The summed E-state index contributed by atoms with van der Waals surface area (Å²) in [5.41, 5.74) is -0.686. The topological polar surface area (TPSA) is 63.0 Å². The first-order valence-corrected chi connectivity index (χ1v) is 5.19. The molecule has 1 aromatic rings. The molecule has 1 aromatic heterocycles. The van der Waals surface area contributed by atoms with Crippen molar-refractivity contribution in [2.24, 2.45) is 13.0 Å². The number of rotatable bonds is 5. The van der Waals surface area contributed by atoms with E-state index in [2.05, 4.69) is 15.4 Å². The molecule has 0 bridgehead atoms. The van der Waals surface area contributed by atoms with Gasteiger partial charge in [-0.3, -0.25) is 4.68 Å². The van der Waals surface area contributed by atoms with Gasteiger partial charge in [-0.15, -0.1) is 0 Å². The molecule has 5 nitrogen and oxygen atoms in total. The minimum Gasteiger partial charge on any atom is -0.389 e. The summed E-state index contributed by atoms with van der Waals surface area (Å²) in [6, 6.07) is 0. The van der Waals surface area contributed by atoms with Gasteiger partial charge in [-0.05, 0) is 12.8 Å². The first kappa shape index (κ1) is 12.1.